The van der Waals surface area contributed by atoms with E-state index in [0.29, 0.717) is 0 Å². The van der Waals surface area contributed by atoms with Crippen molar-refractivity contribution >= 4 is 11.9 Å². The maximum Gasteiger partial charge on any atom is 0.316 e. The fourth-order valence-electron chi connectivity index (χ4n) is 3.56. The van der Waals surface area contributed by atoms with Crippen molar-refractivity contribution in [3.63, 3.8) is 0 Å². The molecule has 1 unspecified atom stereocenters. The summed E-state index contributed by atoms with van der Waals surface area (Å²) in [5.74, 6) is -0.527. The quantitative estimate of drug-likeness (QED) is 0.620. The van der Waals surface area contributed by atoms with E-state index in [1.165, 1.54) is 0 Å². The van der Waals surface area contributed by atoms with Crippen LogP contribution in [0.5, 0.6) is 0 Å². The van der Waals surface area contributed by atoms with Crippen molar-refractivity contribution in [2.24, 2.45) is 5.41 Å². The third kappa shape index (κ3) is 3.53. The van der Waals surface area contributed by atoms with Gasteiger partial charge in [-0.15, -0.1) is 0 Å². The number of cyclic esters (lactones) is 1. The van der Waals surface area contributed by atoms with Crippen LogP contribution in [0, 0.1) is 5.41 Å². The van der Waals surface area contributed by atoms with Crippen LogP contribution in [-0.4, -0.2) is 18.0 Å². The van der Waals surface area contributed by atoms with Gasteiger partial charge in [-0.3, -0.25) is 9.59 Å². The second kappa shape index (κ2) is 7.20. The first-order chi connectivity index (χ1) is 11.6. The average molecular weight is 328 g/mol. The summed E-state index contributed by atoms with van der Waals surface area (Å²) in [6.45, 7) is 2.19. The molecule has 0 N–H and O–H groups in total. The molecule has 0 spiro atoms. The lowest BCUT2D eigenvalue weighted by molar-refractivity contribution is -0.152. The summed E-state index contributed by atoms with van der Waals surface area (Å²) in [7, 11) is 0. The molecular formula is C20H24O4. The van der Waals surface area contributed by atoms with Crippen molar-refractivity contribution in [1.29, 1.82) is 0 Å². The lowest BCUT2D eigenvalue weighted by Gasteiger charge is -2.24. The van der Waals surface area contributed by atoms with E-state index < -0.39 is 11.5 Å². The lowest BCUT2D eigenvalue weighted by atomic mass is 9.75. The standard InChI is InChI=1S/C20H24O4/c1-20-12-8-3-2-7-11-16(20)17(24-19(20)22)13-18(21)23-14-15-9-5-4-6-10-15/h4-6,9-11,17H,2-3,7-8,12-14H2,1H3/b16-11-/t17-,20?/m0/s1. The van der Waals surface area contributed by atoms with Gasteiger partial charge in [-0.1, -0.05) is 49.2 Å². The number of benzene rings is 1. The molecule has 0 radical (unpaired) electrons. The van der Waals surface area contributed by atoms with Crippen molar-refractivity contribution in [3.05, 3.63) is 47.5 Å². The zero-order valence-electron chi connectivity index (χ0n) is 14.1. The summed E-state index contributed by atoms with van der Waals surface area (Å²) in [6, 6.07) is 9.57. The summed E-state index contributed by atoms with van der Waals surface area (Å²) in [4.78, 5) is 24.5. The number of allylic oxidation sites excluding steroid dienone is 1. The van der Waals surface area contributed by atoms with Crippen molar-refractivity contribution in [1.82, 2.24) is 0 Å². The molecule has 24 heavy (non-hydrogen) atoms. The van der Waals surface area contributed by atoms with Crippen LogP contribution in [-0.2, 0) is 25.7 Å². The van der Waals surface area contributed by atoms with Crippen molar-refractivity contribution < 1.29 is 19.1 Å². The molecule has 2 atom stereocenters. The number of rotatable bonds is 4. The molecule has 0 aromatic heterocycles. The van der Waals surface area contributed by atoms with Gasteiger partial charge < -0.3 is 9.47 Å². The molecule has 1 aromatic rings. The van der Waals surface area contributed by atoms with Crippen LogP contribution in [0.3, 0.4) is 0 Å². The largest absolute Gasteiger partial charge is 0.461 e. The van der Waals surface area contributed by atoms with Gasteiger partial charge >= 0.3 is 11.9 Å². The molecule has 1 aliphatic carbocycles. The van der Waals surface area contributed by atoms with Gasteiger partial charge in [0.15, 0.2) is 0 Å². The molecule has 4 nitrogen and oxygen atoms in total. The van der Waals surface area contributed by atoms with Crippen LogP contribution >= 0.6 is 0 Å². The Hall–Kier alpha value is -2.10. The van der Waals surface area contributed by atoms with Gasteiger partial charge in [-0.05, 0) is 37.3 Å². The molecule has 3 rings (SSSR count). The van der Waals surface area contributed by atoms with E-state index >= 15 is 0 Å². The topological polar surface area (TPSA) is 52.6 Å². The summed E-state index contributed by atoms with van der Waals surface area (Å²) in [5, 5.41) is 0. The maximum absolute atomic E-state index is 12.4. The molecule has 0 bridgehead atoms. The third-order valence-corrected chi connectivity index (χ3v) is 5.02. The van der Waals surface area contributed by atoms with E-state index in [4.69, 9.17) is 9.47 Å². The SMILES string of the molecule is CC12CCCCC/C=C\1[C@H](CC(=O)OCc1ccccc1)OC2=O. The Balaban J connectivity index is 1.64. The molecule has 4 heteroatoms. The van der Waals surface area contributed by atoms with E-state index in [2.05, 4.69) is 6.08 Å². The second-order valence-electron chi connectivity index (χ2n) is 6.84. The highest BCUT2D eigenvalue weighted by atomic mass is 16.6. The fraction of sp³-hybridized carbons (Fsp3) is 0.500. The number of carbonyl (C=O) groups is 2. The van der Waals surface area contributed by atoms with E-state index in [1.54, 1.807) is 0 Å². The number of ether oxygens (including phenoxy) is 2. The second-order valence-corrected chi connectivity index (χ2v) is 6.84. The first-order valence-corrected chi connectivity index (χ1v) is 8.71. The van der Waals surface area contributed by atoms with E-state index in [1.807, 2.05) is 37.3 Å². The van der Waals surface area contributed by atoms with Crippen LogP contribution in [0.2, 0.25) is 0 Å². The van der Waals surface area contributed by atoms with Crippen molar-refractivity contribution in [3.8, 4) is 0 Å². The van der Waals surface area contributed by atoms with Crippen LogP contribution in [0.25, 0.3) is 0 Å². The molecule has 1 fully saturated rings. The number of fused-ring (bicyclic) bond motifs is 1. The molecule has 0 saturated carbocycles. The Labute approximate surface area is 142 Å². The fourth-order valence-corrected chi connectivity index (χ4v) is 3.56. The molecule has 1 saturated heterocycles. The smallest absolute Gasteiger partial charge is 0.316 e. The Bertz CT molecular complexity index is 634. The normalized spacial score (nSPS) is 28.8. The van der Waals surface area contributed by atoms with Gasteiger partial charge in [0.2, 0.25) is 0 Å². The minimum Gasteiger partial charge on any atom is -0.461 e. The van der Waals surface area contributed by atoms with Gasteiger partial charge in [0, 0.05) is 0 Å². The number of carbonyl (C=O) groups excluding carboxylic acids is 2. The van der Waals surface area contributed by atoms with Gasteiger partial charge in [-0.25, -0.2) is 0 Å². The van der Waals surface area contributed by atoms with Crippen LogP contribution < -0.4 is 0 Å². The van der Waals surface area contributed by atoms with Crippen LogP contribution in [0.1, 0.15) is 51.0 Å². The third-order valence-electron chi connectivity index (χ3n) is 5.02. The molecule has 1 heterocycles. The van der Waals surface area contributed by atoms with Gasteiger partial charge in [0.25, 0.3) is 0 Å². The highest BCUT2D eigenvalue weighted by Gasteiger charge is 2.50. The minimum atomic E-state index is -0.565. The van der Waals surface area contributed by atoms with E-state index in [-0.39, 0.29) is 25.0 Å². The van der Waals surface area contributed by atoms with Gasteiger partial charge in [-0.2, -0.15) is 0 Å². The average Bonchev–Trinajstić information content (AvgIpc) is 2.78. The van der Waals surface area contributed by atoms with Crippen molar-refractivity contribution in [2.45, 2.75) is 58.2 Å². The Morgan fingerprint density at radius 1 is 1.25 bits per heavy atom. The maximum atomic E-state index is 12.4. The summed E-state index contributed by atoms with van der Waals surface area (Å²) in [6.07, 6.45) is 6.76. The zero-order chi connectivity index (χ0) is 17.0. The van der Waals surface area contributed by atoms with Crippen LogP contribution in [0.4, 0.5) is 0 Å². The Morgan fingerprint density at radius 2 is 2.04 bits per heavy atom. The molecule has 128 valence electrons. The van der Waals surface area contributed by atoms with Crippen molar-refractivity contribution in [2.75, 3.05) is 0 Å². The van der Waals surface area contributed by atoms with Gasteiger partial charge in [0.1, 0.15) is 12.7 Å². The summed E-state index contributed by atoms with van der Waals surface area (Å²) < 4.78 is 10.9. The lowest BCUT2D eigenvalue weighted by Crippen LogP contribution is -2.25. The van der Waals surface area contributed by atoms with E-state index in [9.17, 15) is 9.59 Å². The predicted octanol–water partition coefficient (Wildman–Crippen LogP) is 3.94. The van der Waals surface area contributed by atoms with Gasteiger partial charge in [0.05, 0.1) is 11.8 Å². The summed E-state index contributed by atoms with van der Waals surface area (Å²) in [5.41, 5.74) is 1.36. The van der Waals surface area contributed by atoms with Crippen LogP contribution in [0.15, 0.2) is 42.0 Å². The monoisotopic (exact) mass is 328 g/mol. The number of hydrogen-bond donors (Lipinski definition) is 0. The number of esters is 2. The predicted molar refractivity (Wildman–Crippen MR) is 90.0 cm³/mol. The first-order valence-electron chi connectivity index (χ1n) is 8.71. The highest BCUT2D eigenvalue weighted by molar-refractivity contribution is 5.85. The first kappa shape index (κ1) is 16.7. The molecule has 0 amide bonds. The summed E-state index contributed by atoms with van der Waals surface area (Å²) >= 11 is 0. The number of hydrogen-bond acceptors (Lipinski definition) is 4. The van der Waals surface area contributed by atoms with E-state index in [0.717, 1.165) is 43.2 Å². The molecule has 1 aromatic carbocycles. The highest BCUT2D eigenvalue weighted by Crippen LogP contribution is 2.45. The zero-order valence-corrected chi connectivity index (χ0v) is 14.1. The Morgan fingerprint density at radius 3 is 2.83 bits per heavy atom. The Kier molecular flexibility index (Phi) is 5.03. The molecular weight excluding hydrogens is 304 g/mol. The molecule has 2 aliphatic rings. The molecule has 1 aliphatic heterocycles. The minimum absolute atomic E-state index is 0.0972.